The van der Waals surface area contributed by atoms with Gasteiger partial charge in [-0.25, -0.2) is 8.78 Å². The number of hydrogen-bond donors (Lipinski definition) is 6. The summed E-state index contributed by atoms with van der Waals surface area (Å²) in [6.07, 6.45) is 14.4. The average Bonchev–Trinajstić information content (AvgIpc) is 1.60. The van der Waals surface area contributed by atoms with E-state index in [4.69, 9.17) is 28.4 Å². The fourth-order valence-electron chi connectivity index (χ4n) is 23.8. The zero-order valence-corrected chi connectivity index (χ0v) is 91.6. The fraction of sp³-hybridized carbons (Fsp3) is 0.524. The molecule has 22 nitrogen and oxygen atoms in total. The molecule has 4 fully saturated rings. The van der Waals surface area contributed by atoms with Crippen LogP contribution in [0.5, 0.6) is 0 Å². The monoisotopic (exact) mass is 2060 g/mol. The Morgan fingerprint density at radius 1 is 0.427 bits per heavy atom. The third-order valence-corrected chi connectivity index (χ3v) is 31.5. The van der Waals surface area contributed by atoms with Crippen molar-refractivity contribution < 1.29 is 96.0 Å². The van der Waals surface area contributed by atoms with Crippen LogP contribution in [0, 0.1) is 82.6 Å². The Hall–Kier alpha value is -11.7. The highest BCUT2D eigenvalue weighted by atomic mass is 19.1. The van der Waals surface area contributed by atoms with Gasteiger partial charge in [0.05, 0.1) is 84.4 Å². The molecule has 6 aromatic carbocycles. The first-order valence-corrected chi connectivity index (χ1v) is 55.2. The van der Waals surface area contributed by atoms with Crippen LogP contribution in [0.1, 0.15) is 321 Å². The van der Waals surface area contributed by atoms with Gasteiger partial charge < -0.3 is 68.6 Å². The quantitative estimate of drug-likeness (QED) is 0.0169. The summed E-state index contributed by atoms with van der Waals surface area (Å²) in [6.45, 7) is 43.1. The molecule has 4 saturated heterocycles. The summed E-state index contributed by atoms with van der Waals surface area (Å²) in [6, 6.07) is 48.2. The number of aromatic nitrogens is 2. The second-order valence-corrected chi connectivity index (χ2v) is 45.2. The molecule has 6 N–H and O–H groups in total. The number of aliphatic hydroxyl groups excluding tert-OH is 4. The Kier molecular flexibility index (Phi) is 40.4. The molecule has 4 aliphatic heterocycles. The highest BCUT2D eigenvalue weighted by Gasteiger charge is 2.49. The molecular formula is C126H162F2N4O18. The number of carbonyl (C=O) groups excluding carboxylic acids is 8. The zero-order chi connectivity index (χ0) is 108. The Bertz CT molecular complexity index is 6070. The minimum absolute atomic E-state index is 0.00175. The Morgan fingerprint density at radius 3 is 1.29 bits per heavy atom. The summed E-state index contributed by atoms with van der Waals surface area (Å²) in [5.41, 5.74) is 17.9. The number of para-hydroxylation sites is 2. The minimum atomic E-state index is -0.738. The van der Waals surface area contributed by atoms with Crippen molar-refractivity contribution in [3.05, 3.63) is 250 Å². The lowest BCUT2D eigenvalue weighted by molar-refractivity contribution is -0.162. The number of ether oxygens (including phenoxy) is 6. The molecule has 20 unspecified atom stereocenters. The SMILES string of the molecule is CC(C)c1cc(-c2c(-c3ccccc3)c(C(=O)Nc3ccccc3)c(C(C)C)n2CCC2CC(O)CC(=O)O2)ccc1F.CC(C)c1cccc(-c2c(C(=O)Nc3ccccc3)c(C(C)C)n(CCC3CC(O)CC(=O)O3)c2-c2ccc(F)cc2)c1.CCC(C)C(=O)OC1CC(C)C(C(C)C)=C2C=CC(C)C(CCC3CC(O)CC(=O)O3)C21.CCC(C)C(=O)OC1CC(C)C=C2C(C(C)C)=CC(C)C(CCC3CC(O)CC(=O)O3)C21. The van der Waals surface area contributed by atoms with Gasteiger partial charge in [0.15, 0.2) is 0 Å². The highest BCUT2D eigenvalue weighted by Crippen LogP contribution is 2.54. The third-order valence-electron chi connectivity index (χ3n) is 31.5. The number of esters is 6. The van der Waals surface area contributed by atoms with Crippen molar-refractivity contribution >= 4 is 59.0 Å². The molecule has 0 saturated carbocycles. The van der Waals surface area contributed by atoms with Gasteiger partial charge in [-0.05, 0) is 239 Å². The number of carbonyl (C=O) groups is 8. The molecular weight excluding hydrogens is 1900 g/mol. The summed E-state index contributed by atoms with van der Waals surface area (Å²) >= 11 is 0. The van der Waals surface area contributed by atoms with Crippen molar-refractivity contribution in [3.63, 3.8) is 0 Å². The number of rotatable bonds is 32. The van der Waals surface area contributed by atoms with Gasteiger partial charge in [0.25, 0.3) is 11.8 Å². The minimum Gasteiger partial charge on any atom is -0.462 e. The van der Waals surface area contributed by atoms with Crippen molar-refractivity contribution in [3.8, 4) is 44.8 Å². The van der Waals surface area contributed by atoms with Gasteiger partial charge >= 0.3 is 35.8 Å². The third kappa shape index (κ3) is 28.8. The van der Waals surface area contributed by atoms with E-state index in [-0.39, 0.29) is 145 Å². The van der Waals surface area contributed by atoms with Gasteiger partial charge in [0, 0.05) is 97.3 Å². The van der Waals surface area contributed by atoms with Gasteiger partial charge in [-0.3, -0.25) is 38.4 Å². The number of hydrogen-bond acceptors (Lipinski definition) is 18. The van der Waals surface area contributed by atoms with Gasteiger partial charge in [0.1, 0.15) is 48.3 Å². The molecule has 0 radical (unpaired) electrons. The molecule has 4 aliphatic carbocycles. The predicted octanol–water partition coefficient (Wildman–Crippen LogP) is 26.3. The van der Waals surface area contributed by atoms with Crippen LogP contribution >= 0.6 is 0 Å². The van der Waals surface area contributed by atoms with Crippen LogP contribution in [0.4, 0.5) is 20.2 Å². The maximum atomic E-state index is 15.0. The van der Waals surface area contributed by atoms with E-state index in [1.165, 1.54) is 40.5 Å². The lowest BCUT2D eigenvalue weighted by Crippen LogP contribution is -2.44. The number of fused-ring (bicyclic) bond motifs is 2. The Balaban J connectivity index is 0.000000168. The van der Waals surface area contributed by atoms with E-state index in [1.807, 2.05) is 151 Å². The van der Waals surface area contributed by atoms with Crippen LogP contribution in [0.25, 0.3) is 44.8 Å². The first-order valence-electron chi connectivity index (χ1n) is 55.2. The molecule has 808 valence electrons. The molecule has 8 aliphatic rings. The van der Waals surface area contributed by atoms with Gasteiger partial charge in [0.2, 0.25) is 0 Å². The first-order chi connectivity index (χ1) is 71.5. The van der Waals surface area contributed by atoms with Crippen LogP contribution in [-0.4, -0.2) is 138 Å². The van der Waals surface area contributed by atoms with E-state index < -0.39 is 48.6 Å². The molecule has 16 rings (SSSR count). The summed E-state index contributed by atoms with van der Waals surface area (Å²) < 4.78 is 68.0. The molecule has 8 aromatic rings. The summed E-state index contributed by atoms with van der Waals surface area (Å²) in [5, 5.41) is 46.7. The average molecular weight is 2060 g/mol. The standard InChI is InChI=1S/2C36H39FN2O4.2C27H42O5/c1-22(2)29-19-25(15-16-30(29)37)35-32(24-11-7-5-8-12-24)33(36(42)38-26-13-9-6-10-14-26)34(23(3)4)39(35)18-17-28-20-27(40)21-31(41)43-28;1-22(2)25-9-8-10-26(19-25)32-33(36(42)38-28-11-6-5-7-12-28)34(23(3)4)39(35(32)24-13-15-27(37)16-14-24)18-17-30-20-29(40)21-31(41)43-30;1-7-16(4)27(30)32-23-12-18(6)25(15(2)3)22-10-8-17(5)21(26(22)23)11-9-20-13-19(28)14-24(29)31-20;1-7-17(5)27(30)32-24-11-16(4)10-23-22(15(2)3)12-18(6)21(26(23)24)9-8-20-13-19(28)14-25(29)31-20/h5-16,19,22-23,27-28,40H,17-18,20-21H2,1-4H3,(H,38,42);5-16,19,22-23,29-30,40H,17-18,20-21H2,1-4H3,(H,38,42);8,10,15-21,23,26,28H,7,9,11-14H2,1-6H3;10,12,15-21,24,26,28H,7-9,11,13-14H2,1-6H3. The van der Waals surface area contributed by atoms with Crippen LogP contribution in [0.3, 0.4) is 0 Å². The summed E-state index contributed by atoms with van der Waals surface area (Å²) in [5.74, 6) is 0.460. The number of halogens is 2. The number of aliphatic hydroxyl groups is 4. The van der Waals surface area contributed by atoms with Gasteiger partial charge in [-0.2, -0.15) is 0 Å². The molecule has 0 spiro atoms. The number of allylic oxidation sites excluding steroid dienone is 6. The maximum absolute atomic E-state index is 15.0. The molecule has 150 heavy (non-hydrogen) atoms. The van der Waals surface area contributed by atoms with Crippen LogP contribution < -0.4 is 10.6 Å². The summed E-state index contributed by atoms with van der Waals surface area (Å²) in [7, 11) is 0. The molecule has 6 heterocycles. The zero-order valence-electron chi connectivity index (χ0n) is 91.6. The number of amides is 2. The van der Waals surface area contributed by atoms with Crippen molar-refractivity contribution in [2.75, 3.05) is 10.6 Å². The number of nitrogens with one attached hydrogen (secondary N) is 2. The largest absolute Gasteiger partial charge is 0.462 e. The van der Waals surface area contributed by atoms with Crippen LogP contribution in [0.15, 0.2) is 204 Å². The molecule has 20 atom stereocenters. The molecule has 2 aromatic heterocycles. The normalized spacial score (nSPS) is 25.0. The van der Waals surface area contributed by atoms with E-state index >= 15 is 0 Å². The smallest absolute Gasteiger partial charge is 0.308 e. The van der Waals surface area contributed by atoms with Crippen LogP contribution in [0.2, 0.25) is 0 Å². The molecule has 24 heteroatoms. The Morgan fingerprint density at radius 2 is 0.853 bits per heavy atom. The van der Waals surface area contributed by atoms with Crippen molar-refractivity contribution in [2.24, 2.45) is 71.0 Å². The summed E-state index contributed by atoms with van der Waals surface area (Å²) in [4.78, 5) is 102. The highest BCUT2D eigenvalue weighted by molar-refractivity contribution is 6.14. The maximum Gasteiger partial charge on any atom is 0.308 e. The van der Waals surface area contributed by atoms with Gasteiger partial charge in [-0.15, -0.1) is 0 Å². The van der Waals surface area contributed by atoms with E-state index in [0.29, 0.717) is 127 Å². The first kappa shape index (κ1) is 115. The number of cyclic esters (lactones) is 4. The van der Waals surface area contributed by atoms with E-state index in [9.17, 15) is 67.6 Å². The number of anilines is 2. The lowest BCUT2D eigenvalue weighted by atomic mass is 9.61. The van der Waals surface area contributed by atoms with Crippen molar-refractivity contribution in [2.45, 2.75) is 352 Å². The molecule has 2 amide bonds. The van der Waals surface area contributed by atoms with Crippen LogP contribution in [-0.2, 0) is 70.3 Å². The van der Waals surface area contributed by atoms with E-state index in [1.54, 1.807) is 18.2 Å². The number of nitrogens with zero attached hydrogens (tertiary/aromatic N) is 2. The van der Waals surface area contributed by atoms with Crippen molar-refractivity contribution in [1.29, 1.82) is 0 Å². The van der Waals surface area contributed by atoms with Crippen molar-refractivity contribution in [1.82, 2.24) is 9.13 Å². The molecule has 0 bridgehead atoms. The second kappa shape index (κ2) is 52.6. The lowest BCUT2D eigenvalue weighted by Gasteiger charge is -2.46. The topological polar surface area (TPSA) is 307 Å². The Labute approximate surface area is 886 Å². The van der Waals surface area contributed by atoms with E-state index in [0.717, 1.165) is 113 Å². The van der Waals surface area contributed by atoms with E-state index in [2.05, 4.69) is 153 Å². The second-order valence-electron chi connectivity index (χ2n) is 45.2. The van der Waals surface area contributed by atoms with Gasteiger partial charge in [-0.1, -0.05) is 259 Å². The number of benzene rings is 6. The fourth-order valence-corrected chi connectivity index (χ4v) is 23.8. The predicted molar refractivity (Wildman–Crippen MR) is 584 cm³/mol.